The standard InChI is InChI=1S/C13H9Cl3N2OS/c14-8-4-10(16)11(5-9(8)15)19-6-7-2-1-3-18-12(7)13(17)20/h1-5H,6H2,(H2,17,20). The molecule has 2 rings (SSSR count). The van der Waals surface area contributed by atoms with Crippen molar-refractivity contribution in [3.63, 3.8) is 0 Å². The fourth-order valence-electron chi connectivity index (χ4n) is 1.55. The Kier molecular flexibility index (Phi) is 5.05. The molecule has 3 nitrogen and oxygen atoms in total. The number of pyridine rings is 1. The Bertz CT molecular complexity index is 664. The number of thiocarbonyl (C=S) groups is 1. The van der Waals surface area contributed by atoms with Gasteiger partial charge in [0.2, 0.25) is 0 Å². The van der Waals surface area contributed by atoms with Crippen LogP contribution in [0.15, 0.2) is 30.5 Å². The summed E-state index contributed by atoms with van der Waals surface area (Å²) in [7, 11) is 0. The molecule has 1 heterocycles. The van der Waals surface area contributed by atoms with Gasteiger partial charge in [0.25, 0.3) is 0 Å². The zero-order chi connectivity index (χ0) is 14.7. The van der Waals surface area contributed by atoms with E-state index in [1.165, 1.54) is 6.07 Å². The quantitative estimate of drug-likeness (QED) is 0.663. The molecule has 0 atom stereocenters. The Morgan fingerprint density at radius 2 is 1.90 bits per heavy atom. The lowest BCUT2D eigenvalue weighted by Crippen LogP contribution is -2.15. The number of hydrogen-bond donors (Lipinski definition) is 1. The molecule has 0 spiro atoms. The maximum Gasteiger partial charge on any atom is 0.139 e. The molecule has 0 aliphatic heterocycles. The monoisotopic (exact) mass is 346 g/mol. The van der Waals surface area contributed by atoms with Crippen molar-refractivity contribution in [2.45, 2.75) is 6.61 Å². The van der Waals surface area contributed by atoms with Gasteiger partial charge in [-0.3, -0.25) is 4.98 Å². The molecular weight excluding hydrogens is 339 g/mol. The first-order chi connectivity index (χ1) is 9.49. The van der Waals surface area contributed by atoms with E-state index in [0.717, 1.165) is 5.56 Å². The largest absolute Gasteiger partial charge is 0.487 e. The van der Waals surface area contributed by atoms with E-state index in [-0.39, 0.29) is 11.6 Å². The van der Waals surface area contributed by atoms with Gasteiger partial charge < -0.3 is 10.5 Å². The van der Waals surface area contributed by atoms with E-state index in [2.05, 4.69) is 4.98 Å². The third-order valence-electron chi connectivity index (χ3n) is 2.48. The molecule has 1 aromatic carbocycles. The topological polar surface area (TPSA) is 48.1 Å². The molecule has 1 aromatic heterocycles. The number of benzene rings is 1. The Hall–Kier alpha value is -1.07. The molecule has 0 amide bonds. The lowest BCUT2D eigenvalue weighted by molar-refractivity contribution is 0.306. The highest BCUT2D eigenvalue weighted by molar-refractivity contribution is 7.80. The number of nitrogens with zero attached hydrogens (tertiary/aromatic N) is 1. The first-order valence-corrected chi connectivity index (χ1v) is 7.04. The van der Waals surface area contributed by atoms with E-state index < -0.39 is 0 Å². The van der Waals surface area contributed by atoms with Crippen molar-refractivity contribution in [1.82, 2.24) is 4.98 Å². The molecule has 104 valence electrons. The molecule has 0 radical (unpaired) electrons. The van der Waals surface area contributed by atoms with E-state index >= 15 is 0 Å². The predicted octanol–water partition coefficient (Wildman–Crippen LogP) is 4.26. The number of halogens is 3. The minimum Gasteiger partial charge on any atom is -0.487 e. The van der Waals surface area contributed by atoms with Crippen molar-refractivity contribution in [1.29, 1.82) is 0 Å². The predicted molar refractivity (Wildman–Crippen MR) is 85.9 cm³/mol. The molecule has 0 unspecified atom stereocenters. The maximum atomic E-state index is 6.04. The van der Waals surface area contributed by atoms with E-state index in [0.29, 0.717) is 26.5 Å². The van der Waals surface area contributed by atoms with Crippen LogP contribution in [-0.4, -0.2) is 9.97 Å². The van der Waals surface area contributed by atoms with Gasteiger partial charge in [-0.15, -0.1) is 0 Å². The first-order valence-electron chi connectivity index (χ1n) is 5.50. The normalized spacial score (nSPS) is 10.3. The highest BCUT2D eigenvalue weighted by Crippen LogP contribution is 2.34. The second kappa shape index (κ2) is 6.59. The van der Waals surface area contributed by atoms with Crippen LogP contribution >= 0.6 is 47.0 Å². The Labute approximate surface area is 136 Å². The molecule has 0 bridgehead atoms. The summed E-state index contributed by atoms with van der Waals surface area (Å²) in [5.41, 5.74) is 6.90. The molecular formula is C13H9Cl3N2OS. The molecule has 20 heavy (non-hydrogen) atoms. The zero-order valence-electron chi connectivity index (χ0n) is 10.1. The number of aromatic nitrogens is 1. The van der Waals surface area contributed by atoms with Gasteiger partial charge in [-0.05, 0) is 12.1 Å². The molecule has 7 heteroatoms. The zero-order valence-corrected chi connectivity index (χ0v) is 13.2. The highest BCUT2D eigenvalue weighted by Gasteiger charge is 2.10. The summed E-state index contributed by atoms with van der Waals surface area (Å²) in [6.45, 7) is 0.220. The third kappa shape index (κ3) is 3.52. The van der Waals surface area contributed by atoms with Crippen molar-refractivity contribution < 1.29 is 4.74 Å². The van der Waals surface area contributed by atoms with Gasteiger partial charge in [0.1, 0.15) is 23.0 Å². The van der Waals surface area contributed by atoms with Gasteiger partial charge in [0.15, 0.2) is 0 Å². The summed E-state index contributed by atoms with van der Waals surface area (Å²) in [5.74, 6) is 0.429. The average Bonchev–Trinajstić information content (AvgIpc) is 2.41. The lowest BCUT2D eigenvalue weighted by Gasteiger charge is -2.11. The van der Waals surface area contributed by atoms with Gasteiger partial charge >= 0.3 is 0 Å². The molecule has 0 saturated heterocycles. The van der Waals surface area contributed by atoms with E-state index in [1.807, 2.05) is 6.07 Å². The van der Waals surface area contributed by atoms with E-state index in [9.17, 15) is 0 Å². The van der Waals surface area contributed by atoms with Crippen LogP contribution in [-0.2, 0) is 6.61 Å². The highest BCUT2D eigenvalue weighted by atomic mass is 35.5. The van der Waals surface area contributed by atoms with Gasteiger partial charge in [0.05, 0.1) is 15.1 Å². The van der Waals surface area contributed by atoms with Crippen LogP contribution in [0.3, 0.4) is 0 Å². The summed E-state index contributed by atoms with van der Waals surface area (Å²) in [6.07, 6.45) is 1.62. The SMILES string of the molecule is NC(=S)c1ncccc1COc1cc(Cl)c(Cl)cc1Cl. The Morgan fingerprint density at radius 1 is 1.20 bits per heavy atom. The number of rotatable bonds is 4. The van der Waals surface area contributed by atoms with Crippen molar-refractivity contribution in [3.8, 4) is 5.75 Å². The summed E-state index contributed by atoms with van der Waals surface area (Å²) in [5, 5.41) is 1.11. The maximum absolute atomic E-state index is 6.04. The Morgan fingerprint density at radius 3 is 2.60 bits per heavy atom. The second-order valence-electron chi connectivity index (χ2n) is 3.86. The van der Waals surface area contributed by atoms with Crippen LogP contribution in [0.4, 0.5) is 0 Å². The van der Waals surface area contributed by atoms with E-state index in [4.69, 9.17) is 57.5 Å². The van der Waals surface area contributed by atoms with Crippen molar-refractivity contribution >= 4 is 52.0 Å². The number of nitrogens with two attached hydrogens (primary N) is 1. The van der Waals surface area contributed by atoms with Crippen LogP contribution < -0.4 is 10.5 Å². The smallest absolute Gasteiger partial charge is 0.139 e. The van der Waals surface area contributed by atoms with Crippen molar-refractivity contribution in [2.24, 2.45) is 5.73 Å². The summed E-state index contributed by atoms with van der Waals surface area (Å²) in [6, 6.07) is 6.69. The second-order valence-corrected chi connectivity index (χ2v) is 5.52. The summed E-state index contributed by atoms with van der Waals surface area (Å²) >= 11 is 22.8. The first kappa shape index (κ1) is 15.3. The molecule has 2 aromatic rings. The molecule has 0 aliphatic rings. The third-order valence-corrected chi connectivity index (χ3v) is 3.69. The van der Waals surface area contributed by atoms with Gasteiger partial charge in [-0.1, -0.05) is 53.1 Å². The van der Waals surface area contributed by atoms with Gasteiger partial charge in [-0.2, -0.15) is 0 Å². The number of ether oxygens (including phenoxy) is 1. The van der Waals surface area contributed by atoms with E-state index in [1.54, 1.807) is 18.3 Å². The molecule has 0 fully saturated rings. The Balaban J connectivity index is 2.21. The number of hydrogen-bond acceptors (Lipinski definition) is 3. The van der Waals surface area contributed by atoms with Crippen molar-refractivity contribution in [3.05, 3.63) is 56.8 Å². The van der Waals surface area contributed by atoms with Crippen LogP contribution in [0.5, 0.6) is 5.75 Å². The molecule has 0 aliphatic carbocycles. The fraction of sp³-hybridized carbons (Fsp3) is 0.0769. The average molecular weight is 348 g/mol. The minimum absolute atomic E-state index is 0.212. The van der Waals surface area contributed by atoms with Crippen LogP contribution in [0.1, 0.15) is 11.3 Å². The van der Waals surface area contributed by atoms with Crippen molar-refractivity contribution in [2.75, 3.05) is 0 Å². The summed E-state index contributed by atoms with van der Waals surface area (Å²) < 4.78 is 5.62. The minimum atomic E-state index is 0.212. The fourth-order valence-corrected chi connectivity index (χ4v) is 2.32. The lowest BCUT2D eigenvalue weighted by atomic mass is 10.2. The molecule has 2 N–H and O–H groups in total. The van der Waals surface area contributed by atoms with Crippen LogP contribution in [0.2, 0.25) is 15.1 Å². The summed E-state index contributed by atoms with van der Waals surface area (Å²) in [4.78, 5) is 4.33. The molecule has 0 saturated carbocycles. The van der Waals surface area contributed by atoms with Gasteiger partial charge in [-0.25, -0.2) is 0 Å². The van der Waals surface area contributed by atoms with Gasteiger partial charge in [0, 0.05) is 17.8 Å². The van der Waals surface area contributed by atoms with Crippen LogP contribution in [0, 0.1) is 0 Å². The van der Waals surface area contributed by atoms with Crippen LogP contribution in [0.25, 0.3) is 0 Å².